The molecule has 1 aromatic carbocycles. The van der Waals surface area contributed by atoms with Crippen molar-refractivity contribution >= 4 is 29.3 Å². The molecule has 3 nitrogen and oxygen atoms in total. The number of hydrogen-bond acceptors (Lipinski definition) is 4. The van der Waals surface area contributed by atoms with Gasteiger partial charge in [-0.25, -0.2) is 4.39 Å². The minimum atomic E-state index is -0.589. The molecule has 0 heterocycles. The maximum atomic E-state index is 13.2. The number of carbonyl (C=O) groups excluding carboxylic acids is 1. The van der Waals surface area contributed by atoms with Crippen molar-refractivity contribution in [2.75, 3.05) is 12.4 Å². The number of halogens is 2. The van der Waals surface area contributed by atoms with Crippen LogP contribution in [0.4, 0.5) is 4.39 Å². The summed E-state index contributed by atoms with van der Waals surface area (Å²) in [4.78, 5) is 11.3. The van der Waals surface area contributed by atoms with E-state index >= 15 is 0 Å². The van der Waals surface area contributed by atoms with Crippen molar-refractivity contribution in [3.63, 3.8) is 0 Å². The van der Waals surface area contributed by atoms with Crippen LogP contribution in [0.1, 0.15) is 18.9 Å². The van der Waals surface area contributed by atoms with Gasteiger partial charge in [-0.3, -0.25) is 4.79 Å². The number of rotatable bonds is 7. The fourth-order valence-corrected chi connectivity index (χ4v) is 2.49. The average molecular weight is 306 g/mol. The quantitative estimate of drug-likeness (QED) is 0.621. The van der Waals surface area contributed by atoms with Crippen LogP contribution in [0.25, 0.3) is 0 Å². The molecule has 1 aromatic rings. The summed E-state index contributed by atoms with van der Waals surface area (Å²) in [5.41, 5.74) is 6.52. The Labute approximate surface area is 121 Å². The van der Waals surface area contributed by atoms with Crippen LogP contribution in [0.5, 0.6) is 0 Å². The topological polar surface area (TPSA) is 52.3 Å². The van der Waals surface area contributed by atoms with Crippen molar-refractivity contribution in [3.05, 3.63) is 34.6 Å². The first-order valence-corrected chi connectivity index (χ1v) is 7.51. The first-order chi connectivity index (χ1) is 9.04. The SMILES string of the molecule is CCOC(=O)C(N)CCSCc1ccc(Cl)c(F)c1. The van der Waals surface area contributed by atoms with Crippen molar-refractivity contribution in [1.29, 1.82) is 0 Å². The predicted molar refractivity (Wildman–Crippen MR) is 76.8 cm³/mol. The number of ether oxygens (including phenoxy) is 1. The molecule has 0 amide bonds. The summed E-state index contributed by atoms with van der Waals surface area (Å²) >= 11 is 7.19. The summed E-state index contributed by atoms with van der Waals surface area (Å²) in [7, 11) is 0. The molecule has 1 unspecified atom stereocenters. The van der Waals surface area contributed by atoms with Crippen LogP contribution in [-0.4, -0.2) is 24.4 Å². The van der Waals surface area contributed by atoms with Crippen molar-refractivity contribution in [2.24, 2.45) is 5.73 Å². The Morgan fingerprint density at radius 1 is 1.58 bits per heavy atom. The molecule has 106 valence electrons. The van der Waals surface area contributed by atoms with E-state index < -0.39 is 11.9 Å². The summed E-state index contributed by atoms with van der Waals surface area (Å²) in [6, 6.07) is 4.15. The number of benzene rings is 1. The highest BCUT2D eigenvalue weighted by molar-refractivity contribution is 7.98. The largest absolute Gasteiger partial charge is 0.465 e. The molecule has 0 aliphatic heterocycles. The summed E-state index contributed by atoms with van der Waals surface area (Å²) in [6.45, 7) is 2.08. The minimum Gasteiger partial charge on any atom is -0.465 e. The zero-order chi connectivity index (χ0) is 14.3. The van der Waals surface area contributed by atoms with Gasteiger partial charge in [0.05, 0.1) is 11.6 Å². The molecule has 0 saturated heterocycles. The maximum absolute atomic E-state index is 13.2. The number of hydrogen-bond donors (Lipinski definition) is 1. The molecule has 0 aromatic heterocycles. The molecule has 0 aliphatic carbocycles. The summed E-state index contributed by atoms with van der Waals surface area (Å²) in [6.07, 6.45) is 0.541. The molecule has 0 saturated carbocycles. The standard InChI is InChI=1S/C13H17ClFNO2S/c1-2-18-13(17)12(16)5-6-19-8-9-3-4-10(14)11(15)7-9/h3-4,7,12H,2,5-6,8,16H2,1H3. The number of carbonyl (C=O) groups is 1. The van der Waals surface area contributed by atoms with Crippen LogP contribution in [0, 0.1) is 5.82 Å². The van der Waals surface area contributed by atoms with E-state index in [1.54, 1.807) is 24.8 Å². The molecule has 0 radical (unpaired) electrons. The van der Waals surface area contributed by atoms with E-state index in [0.717, 1.165) is 5.56 Å². The van der Waals surface area contributed by atoms with Gasteiger partial charge in [0.2, 0.25) is 0 Å². The average Bonchev–Trinajstić information content (AvgIpc) is 2.38. The highest BCUT2D eigenvalue weighted by atomic mass is 35.5. The highest BCUT2D eigenvalue weighted by Crippen LogP contribution is 2.19. The van der Waals surface area contributed by atoms with Gasteiger partial charge < -0.3 is 10.5 Å². The zero-order valence-corrected chi connectivity index (χ0v) is 12.3. The Morgan fingerprint density at radius 3 is 2.95 bits per heavy atom. The molecule has 0 bridgehead atoms. The van der Waals surface area contributed by atoms with Gasteiger partial charge in [0.25, 0.3) is 0 Å². The second-order valence-corrected chi connectivity index (χ2v) is 5.46. The van der Waals surface area contributed by atoms with E-state index in [4.69, 9.17) is 22.1 Å². The molecule has 1 rings (SSSR count). The van der Waals surface area contributed by atoms with Crippen LogP contribution in [0.3, 0.4) is 0 Å². The van der Waals surface area contributed by atoms with Gasteiger partial charge in [0.1, 0.15) is 11.9 Å². The molecular weight excluding hydrogens is 289 g/mol. The molecule has 2 N–H and O–H groups in total. The van der Waals surface area contributed by atoms with Crippen LogP contribution in [0.15, 0.2) is 18.2 Å². The van der Waals surface area contributed by atoms with Crippen LogP contribution >= 0.6 is 23.4 Å². The lowest BCUT2D eigenvalue weighted by atomic mass is 10.2. The Morgan fingerprint density at radius 2 is 2.32 bits per heavy atom. The molecule has 6 heteroatoms. The predicted octanol–water partition coefficient (Wildman–Crippen LogP) is 2.99. The maximum Gasteiger partial charge on any atom is 0.322 e. The lowest BCUT2D eigenvalue weighted by Gasteiger charge is -2.10. The lowest BCUT2D eigenvalue weighted by Crippen LogP contribution is -2.32. The summed E-state index contributed by atoms with van der Waals surface area (Å²) < 4.78 is 18.0. The zero-order valence-electron chi connectivity index (χ0n) is 10.7. The van der Waals surface area contributed by atoms with Crippen LogP contribution in [0.2, 0.25) is 5.02 Å². The van der Waals surface area contributed by atoms with Crippen molar-refractivity contribution in [2.45, 2.75) is 25.1 Å². The lowest BCUT2D eigenvalue weighted by molar-refractivity contribution is -0.144. The molecule has 0 fully saturated rings. The van der Waals surface area contributed by atoms with Gasteiger partial charge in [0.15, 0.2) is 0 Å². The Kier molecular flexibility index (Phi) is 7.20. The Bertz CT molecular complexity index is 431. The van der Waals surface area contributed by atoms with Crippen molar-refractivity contribution in [1.82, 2.24) is 0 Å². The van der Waals surface area contributed by atoms with E-state index in [2.05, 4.69) is 0 Å². The van der Waals surface area contributed by atoms with Crippen molar-refractivity contribution in [3.8, 4) is 0 Å². The fraction of sp³-hybridized carbons (Fsp3) is 0.462. The highest BCUT2D eigenvalue weighted by Gasteiger charge is 2.13. The van der Waals surface area contributed by atoms with Gasteiger partial charge in [-0.1, -0.05) is 17.7 Å². The van der Waals surface area contributed by atoms with Gasteiger partial charge >= 0.3 is 5.97 Å². The van der Waals surface area contributed by atoms with Gasteiger partial charge in [-0.05, 0) is 36.8 Å². The summed E-state index contributed by atoms with van der Waals surface area (Å²) in [5, 5.41) is 0.123. The Balaban J connectivity index is 2.27. The second-order valence-electron chi connectivity index (χ2n) is 3.95. The third-order valence-corrected chi connectivity index (χ3v) is 3.78. The van der Waals surface area contributed by atoms with Gasteiger partial charge in [0, 0.05) is 5.75 Å². The molecule has 19 heavy (non-hydrogen) atoms. The van der Waals surface area contributed by atoms with Gasteiger partial charge in [-0.2, -0.15) is 11.8 Å². The third kappa shape index (κ3) is 5.80. The molecule has 0 aliphatic rings. The normalized spacial score (nSPS) is 12.2. The van der Waals surface area contributed by atoms with Crippen LogP contribution in [-0.2, 0) is 15.3 Å². The van der Waals surface area contributed by atoms with E-state index in [9.17, 15) is 9.18 Å². The first kappa shape index (κ1) is 16.3. The molecule has 0 spiro atoms. The minimum absolute atomic E-state index is 0.123. The first-order valence-electron chi connectivity index (χ1n) is 5.98. The fourth-order valence-electron chi connectivity index (χ4n) is 1.40. The smallest absolute Gasteiger partial charge is 0.322 e. The Hall–Kier alpha value is -0.780. The number of thioether (sulfide) groups is 1. The molecular formula is C13H17ClFNO2S. The van der Waals surface area contributed by atoms with E-state index in [1.807, 2.05) is 0 Å². The van der Waals surface area contributed by atoms with E-state index in [-0.39, 0.29) is 11.0 Å². The van der Waals surface area contributed by atoms with Crippen LogP contribution < -0.4 is 5.73 Å². The number of esters is 1. The second kappa shape index (κ2) is 8.40. The monoisotopic (exact) mass is 305 g/mol. The number of nitrogens with two attached hydrogens (primary N) is 1. The van der Waals surface area contributed by atoms with E-state index in [1.165, 1.54) is 12.1 Å². The van der Waals surface area contributed by atoms with Gasteiger partial charge in [-0.15, -0.1) is 0 Å². The molecule has 1 atom stereocenters. The summed E-state index contributed by atoms with van der Waals surface area (Å²) in [5.74, 6) is 0.581. The van der Waals surface area contributed by atoms with Crippen molar-refractivity contribution < 1.29 is 13.9 Å². The third-order valence-electron chi connectivity index (χ3n) is 2.42. The van der Waals surface area contributed by atoms with E-state index in [0.29, 0.717) is 24.5 Å².